The summed E-state index contributed by atoms with van der Waals surface area (Å²) in [5.41, 5.74) is 8.75. The number of hydrazone groups is 2. The summed E-state index contributed by atoms with van der Waals surface area (Å²) in [7, 11) is 0. The number of carbonyl (C=O) groups excluding carboxylic acids is 2. The first-order chi connectivity index (χ1) is 22.7. The molecule has 0 unspecified atom stereocenters. The van der Waals surface area contributed by atoms with Gasteiger partial charge in [-0.25, -0.2) is 10.9 Å². The Hall–Kier alpha value is -6.14. The summed E-state index contributed by atoms with van der Waals surface area (Å²) in [5.74, 6) is -0.541. The van der Waals surface area contributed by atoms with Crippen molar-refractivity contribution >= 4 is 23.2 Å². The maximum atomic E-state index is 11.7. The Kier molecular flexibility index (Phi) is 24.8. The maximum absolute atomic E-state index is 11.7. The Morgan fingerprint density at radius 1 is 0.551 bits per heavy atom. The van der Waals surface area contributed by atoms with Gasteiger partial charge >= 0.3 is 41.7 Å². The Labute approximate surface area is 309 Å². The average molecular weight is 807 g/mol. The van der Waals surface area contributed by atoms with Crippen molar-refractivity contribution in [1.29, 1.82) is 0 Å². The van der Waals surface area contributed by atoms with E-state index in [2.05, 4.69) is 41.0 Å². The zero-order chi connectivity index (χ0) is 36.3. The van der Waals surface area contributed by atoms with Crippen LogP contribution in [0.4, 0.5) is 0 Å². The molecule has 2 N–H and O–H groups in total. The van der Waals surface area contributed by atoms with Gasteiger partial charge in [0.25, 0.3) is 11.8 Å². The molecule has 0 spiro atoms. The van der Waals surface area contributed by atoms with Crippen molar-refractivity contribution < 1.29 is 66.6 Å². The summed E-state index contributed by atoms with van der Waals surface area (Å²) in [6.07, 6.45) is 9.60. The Bertz CT molecular complexity index is 1490. The zero-order valence-corrected chi connectivity index (χ0v) is 28.4. The van der Waals surface area contributed by atoms with Crippen molar-refractivity contribution in [2.45, 2.75) is 13.8 Å². The fraction of sp³-hybridized carbons (Fsp3) is 0.0769. The zero-order valence-electron chi connectivity index (χ0n) is 25.3. The smallest absolute Gasteiger partial charge is 0.356 e. The third kappa shape index (κ3) is 24.7. The molecule has 0 saturated carbocycles. The number of pyridine rings is 4. The van der Waals surface area contributed by atoms with Gasteiger partial charge in [-0.2, -0.15) is 10.2 Å². The number of nitrogens with one attached hydrogen (secondary N) is 2. The molecule has 0 aliphatic heterocycles. The summed E-state index contributed by atoms with van der Waals surface area (Å²) >= 11 is 0. The topological polar surface area (TPSA) is 333 Å². The fourth-order valence-corrected chi connectivity index (χ4v) is 2.67. The van der Waals surface area contributed by atoms with Crippen LogP contribution in [0.3, 0.4) is 0 Å². The first kappa shape index (κ1) is 45.0. The summed E-state index contributed by atoms with van der Waals surface area (Å²) < 4.78 is 0. The predicted octanol–water partition coefficient (Wildman–Crippen LogP) is 2.54. The molecule has 49 heavy (non-hydrogen) atoms. The molecule has 0 bridgehead atoms. The maximum Gasteiger partial charge on any atom is 3.00 e. The summed E-state index contributed by atoms with van der Waals surface area (Å²) in [5, 5.41) is 52.3. The van der Waals surface area contributed by atoms with Crippen LogP contribution in [0.1, 0.15) is 46.0 Å². The monoisotopic (exact) mass is 806 g/mol. The average Bonchev–Trinajstić information content (AvgIpc) is 3.07. The number of nitrogens with zero attached hydrogens (tertiary/aromatic N) is 9. The Morgan fingerprint density at radius 3 is 1.08 bits per heavy atom. The molecule has 4 rings (SSSR count). The summed E-state index contributed by atoms with van der Waals surface area (Å²) in [4.78, 5) is 64.1. The van der Waals surface area contributed by atoms with E-state index in [9.17, 15) is 9.59 Å². The van der Waals surface area contributed by atoms with Crippen molar-refractivity contribution in [2.24, 2.45) is 10.2 Å². The van der Waals surface area contributed by atoms with E-state index in [1.165, 1.54) is 0 Å². The van der Waals surface area contributed by atoms with Crippen molar-refractivity contribution in [2.75, 3.05) is 0 Å². The summed E-state index contributed by atoms with van der Waals surface area (Å²) in [6.45, 7) is 3.57. The molecule has 4 heterocycles. The third-order valence-electron chi connectivity index (χ3n) is 4.61. The van der Waals surface area contributed by atoms with Crippen molar-refractivity contribution in [3.05, 3.63) is 166 Å². The van der Waals surface area contributed by atoms with Crippen molar-refractivity contribution in [1.82, 2.24) is 30.8 Å². The quantitative estimate of drug-likeness (QED) is 0.161. The van der Waals surface area contributed by atoms with Crippen LogP contribution in [0.2, 0.25) is 0 Å². The second-order valence-electron chi connectivity index (χ2n) is 7.85. The minimum Gasteiger partial charge on any atom is -0.356 e. The number of carbonyl (C=O) groups is 2. The number of aromatic nitrogens is 4. The van der Waals surface area contributed by atoms with E-state index in [0.717, 1.165) is 11.4 Å². The molecule has 2 amide bonds. The van der Waals surface area contributed by atoms with Gasteiger partial charge in [0.2, 0.25) is 0 Å². The molecule has 0 aliphatic carbocycles. The van der Waals surface area contributed by atoms with Crippen LogP contribution >= 0.6 is 0 Å². The van der Waals surface area contributed by atoms with Gasteiger partial charge in [-0.05, 0) is 62.4 Å². The van der Waals surface area contributed by atoms with Gasteiger partial charge in [-0.15, -0.1) is 0 Å². The second-order valence-corrected chi connectivity index (χ2v) is 7.85. The largest absolute Gasteiger partial charge is 3.00 e. The van der Waals surface area contributed by atoms with Crippen LogP contribution in [-0.2, 0) is 0 Å². The standard InChI is InChI=1S/2C13H12N4O.Ce.3NO3/c2*1-10(12-4-2-3-7-15-12)16-17-13(18)11-5-8-14-9-6-11;;3*2-1(3)4/h2*2-9H,1H3,(H,17,18);;;;/q;;+3;3*-1/b2*16-10+;;;;. The van der Waals surface area contributed by atoms with Gasteiger partial charge in [-0.3, -0.25) is 29.5 Å². The normalized spacial score (nSPS) is 9.59. The predicted molar refractivity (Wildman–Crippen MR) is 167 cm³/mol. The molecule has 0 saturated heterocycles. The van der Waals surface area contributed by atoms with Crippen LogP contribution in [0.5, 0.6) is 0 Å². The molecular weight excluding hydrogens is 782 g/mol. The minimum absolute atomic E-state index is 0. The van der Waals surface area contributed by atoms with Crippen LogP contribution in [0.15, 0.2) is 108 Å². The first-order valence-electron chi connectivity index (χ1n) is 12.5. The molecule has 0 fully saturated rings. The molecule has 1 radical (unpaired) electrons. The molecule has 22 nitrogen and oxygen atoms in total. The van der Waals surface area contributed by atoms with Gasteiger partial charge in [0.1, 0.15) is 0 Å². The van der Waals surface area contributed by atoms with Gasteiger partial charge < -0.3 is 46.0 Å². The van der Waals surface area contributed by atoms with Crippen LogP contribution in [-0.4, -0.2) is 58.4 Å². The molecular formula is C26H24CeN11O11. The van der Waals surface area contributed by atoms with E-state index in [4.69, 9.17) is 46.0 Å². The Balaban J connectivity index is 0. The fourth-order valence-electron chi connectivity index (χ4n) is 2.67. The Morgan fingerprint density at radius 2 is 0.837 bits per heavy atom. The van der Waals surface area contributed by atoms with Gasteiger partial charge in [0.15, 0.2) is 0 Å². The van der Waals surface area contributed by atoms with E-state index in [0.29, 0.717) is 22.6 Å². The molecule has 4 aromatic heterocycles. The second kappa shape index (κ2) is 27.0. The first-order valence-corrected chi connectivity index (χ1v) is 12.5. The van der Waals surface area contributed by atoms with E-state index in [1.807, 2.05) is 36.4 Å². The third-order valence-corrected chi connectivity index (χ3v) is 4.61. The van der Waals surface area contributed by atoms with Crippen molar-refractivity contribution in [3.63, 3.8) is 0 Å². The summed E-state index contributed by atoms with van der Waals surface area (Å²) in [6, 6.07) is 17.6. The van der Waals surface area contributed by atoms with Gasteiger partial charge in [0, 0.05) is 48.3 Å². The van der Waals surface area contributed by atoms with Crippen molar-refractivity contribution in [3.8, 4) is 0 Å². The van der Waals surface area contributed by atoms with Gasteiger partial charge in [0.05, 0.1) is 38.1 Å². The number of hydrogen-bond donors (Lipinski definition) is 2. The number of amides is 2. The molecule has 23 heteroatoms. The van der Waals surface area contributed by atoms with E-state index < -0.39 is 15.3 Å². The number of rotatable bonds is 6. The number of hydrogen-bond acceptors (Lipinski definition) is 17. The van der Waals surface area contributed by atoms with E-state index >= 15 is 0 Å². The van der Waals surface area contributed by atoms with Crippen LogP contribution < -0.4 is 10.9 Å². The van der Waals surface area contributed by atoms with E-state index in [-0.39, 0.29) is 53.6 Å². The molecule has 253 valence electrons. The van der Waals surface area contributed by atoms with Crippen LogP contribution in [0, 0.1) is 87.7 Å². The molecule has 0 aliphatic rings. The molecule has 4 aromatic rings. The molecule has 0 aromatic carbocycles. The van der Waals surface area contributed by atoms with E-state index in [1.54, 1.807) is 75.3 Å². The SMILES string of the molecule is C/C(=N\NC(=O)c1ccncc1)c1ccccn1.C/C(=N\NC(=O)c1ccncc1)c1ccccn1.O=[N+]([O-])[O-].O=[N+]([O-])[O-].O=[N+]([O-])[O-].[Ce+3]. The van der Waals surface area contributed by atoms with Crippen LogP contribution in [0.25, 0.3) is 0 Å². The van der Waals surface area contributed by atoms with Gasteiger partial charge in [-0.1, -0.05) is 12.1 Å². The minimum atomic E-state index is -1.75. The molecule has 0 atom stereocenters.